The number of aryl methyl sites for hydroxylation is 2. The van der Waals surface area contributed by atoms with E-state index in [2.05, 4.69) is 5.32 Å². The van der Waals surface area contributed by atoms with Gasteiger partial charge < -0.3 is 10.2 Å². The van der Waals surface area contributed by atoms with Crippen molar-refractivity contribution in [1.82, 2.24) is 10.2 Å². The van der Waals surface area contributed by atoms with Crippen LogP contribution in [-0.2, 0) is 26.2 Å². The summed E-state index contributed by atoms with van der Waals surface area (Å²) >= 11 is 12.2. The number of hydrogen-bond donors (Lipinski definition) is 1. The molecule has 2 amide bonds. The topological polar surface area (TPSA) is 86.8 Å². The van der Waals surface area contributed by atoms with Gasteiger partial charge in [-0.1, -0.05) is 60.3 Å². The van der Waals surface area contributed by atoms with Crippen LogP contribution in [0.25, 0.3) is 0 Å². The SMILES string of the molecule is Cc1cccc(C)c1N(CC(=O)N(Cc1ccc(Cl)c(Cl)c1)C(C)C(=O)NC1CCCC1)S(C)(=O)=O. The third kappa shape index (κ3) is 6.93. The number of nitrogens with one attached hydrogen (secondary N) is 1. The molecule has 36 heavy (non-hydrogen) atoms. The first-order valence-electron chi connectivity index (χ1n) is 12.0. The molecule has 1 atom stereocenters. The van der Waals surface area contributed by atoms with Crippen molar-refractivity contribution < 1.29 is 18.0 Å². The summed E-state index contributed by atoms with van der Waals surface area (Å²) in [5.41, 5.74) is 2.61. The quantitative estimate of drug-likeness (QED) is 0.480. The number of carbonyl (C=O) groups excluding carboxylic acids is 2. The summed E-state index contributed by atoms with van der Waals surface area (Å²) < 4.78 is 26.7. The highest BCUT2D eigenvalue weighted by atomic mass is 35.5. The van der Waals surface area contributed by atoms with Gasteiger partial charge in [0.15, 0.2) is 0 Å². The van der Waals surface area contributed by atoms with E-state index in [1.165, 1.54) is 4.90 Å². The van der Waals surface area contributed by atoms with E-state index in [1.54, 1.807) is 51.1 Å². The average Bonchev–Trinajstić information content (AvgIpc) is 3.30. The molecule has 0 spiro atoms. The lowest BCUT2D eigenvalue weighted by molar-refractivity contribution is -0.139. The summed E-state index contributed by atoms with van der Waals surface area (Å²) in [6.07, 6.45) is 5.02. The van der Waals surface area contributed by atoms with Gasteiger partial charge in [0.2, 0.25) is 21.8 Å². The zero-order chi connectivity index (χ0) is 26.6. The van der Waals surface area contributed by atoms with E-state index in [9.17, 15) is 18.0 Å². The number of halogens is 2. The third-order valence-electron chi connectivity index (χ3n) is 6.57. The van der Waals surface area contributed by atoms with Gasteiger partial charge in [-0.05, 0) is 62.4 Å². The number of anilines is 1. The molecule has 1 N–H and O–H groups in total. The Morgan fingerprint density at radius 3 is 2.22 bits per heavy atom. The maximum Gasteiger partial charge on any atom is 0.244 e. The average molecular weight is 555 g/mol. The molecule has 1 unspecified atom stereocenters. The van der Waals surface area contributed by atoms with Gasteiger partial charge in [0.1, 0.15) is 12.6 Å². The number of amides is 2. The van der Waals surface area contributed by atoms with E-state index in [1.807, 2.05) is 6.07 Å². The van der Waals surface area contributed by atoms with Gasteiger partial charge in [-0.15, -0.1) is 0 Å². The van der Waals surface area contributed by atoms with Crippen molar-refractivity contribution in [3.05, 3.63) is 63.1 Å². The number of sulfonamides is 1. The number of carbonyl (C=O) groups is 2. The number of benzene rings is 2. The molecule has 0 aromatic heterocycles. The largest absolute Gasteiger partial charge is 0.352 e. The lowest BCUT2D eigenvalue weighted by atomic mass is 10.1. The first-order valence-corrected chi connectivity index (χ1v) is 14.6. The van der Waals surface area contributed by atoms with Crippen molar-refractivity contribution in [3.8, 4) is 0 Å². The highest BCUT2D eigenvalue weighted by molar-refractivity contribution is 7.92. The van der Waals surface area contributed by atoms with Crippen LogP contribution < -0.4 is 9.62 Å². The summed E-state index contributed by atoms with van der Waals surface area (Å²) in [6, 6.07) is 9.71. The minimum absolute atomic E-state index is 0.0688. The van der Waals surface area contributed by atoms with Crippen LogP contribution in [0.4, 0.5) is 5.69 Å². The Balaban J connectivity index is 1.94. The van der Waals surface area contributed by atoms with E-state index in [0.29, 0.717) is 21.3 Å². The van der Waals surface area contributed by atoms with Crippen molar-refractivity contribution in [2.24, 2.45) is 0 Å². The summed E-state index contributed by atoms with van der Waals surface area (Å²) in [7, 11) is -3.79. The fourth-order valence-electron chi connectivity index (χ4n) is 4.58. The second kappa shape index (κ2) is 11.8. The molecule has 1 fully saturated rings. The summed E-state index contributed by atoms with van der Waals surface area (Å²) in [6.45, 7) is 4.89. The fourth-order valence-corrected chi connectivity index (χ4v) is 5.87. The van der Waals surface area contributed by atoms with Gasteiger partial charge >= 0.3 is 0 Å². The molecule has 3 rings (SSSR count). The number of nitrogens with zero attached hydrogens (tertiary/aromatic N) is 2. The lowest BCUT2D eigenvalue weighted by Gasteiger charge is -2.33. The van der Waals surface area contributed by atoms with Crippen molar-refractivity contribution in [2.75, 3.05) is 17.1 Å². The summed E-state index contributed by atoms with van der Waals surface area (Å²) in [4.78, 5) is 28.2. The molecule has 7 nitrogen and oxygen atoms in total. The minimum atomic E-state index is -3.79. The second-order valence-electron chi connectivity index (χ2n) is 9.45. The summed E-state index contributed by atoms with van der Waals surface area (Å²) in [5.74, 6) is -0.767. The normalized spacial score (nSPS) is 14.9. The molecular formula is C26H33Cl2N3O4S. The van der Waals surface area contributed by atoms with Crippen molar-refractivity contribution in [2.45, 2.75) is 65.1 Å². The highest BCUT2D eigenvalue weighted by Crippen LogP contribution is 2.28. The Morgan fingerprint density at radius 2 is 1.67 bits per heavy atom. The molecule has 1 aliphatic carbocycles. The standard InChI is InChI=1S/C26H33Cl2N3O4S/c1-17-8-7-9-18(2)25(17)31(36(4,34)35)16-24(32)30(15-20-12-13-22(27)23(28)14-20)19(3)26(33)29-21-10-5-6-11-21/h7-9,12-14,19,21H,5-6,10-11,15-16H2,1-4H3,(H,29,33). The highest BCUT2D eigenvalue weighted by Gasteiger charge is 2.32. The first kappa shape index (κ1) is 28.3. The molecule has 1 aliphatic rings. The molecule has 1 saturated carbocycles. The van der Waals surface area contributed by atoms with Gasteiger partial charge in [0.05, 0.1) is 22.0 Å². The molecule has 2 aromatic carbocycles. The number of hydrogen-bond acceptors (Lipinski definition) is 4. The Bertz CT molecular complexity index is 1210. The molecule has 0 saturated heterocycles. The van der Waals surface area contributed by atoms with Gasteiger partial charge in [0, 0.05) is 12.6 Å². The first-order chi connectivity index (χ1) is 16.9. The van der Waals surface area contributed by atoms with Crippen molar-refractivity contribution in [1.29, 1.82) is 0 Å². The fraction of sp³-hybridized carbons (Fsp3) is 0.462. The van der Waals surface area contributed by atoms with Gasteiger partial charge in [0.25, 0.3) is 0 Å². The molecule has 0 bridgehead atoms. The maximum absolute atomic E-state index is 13.7. The van der Waals surface area contributed by atoms with Crippen LogP contribution in [0.1, 0.15) is 49.3 Å². The van der Waals surface area contributed by atoms with Crippen LogP contribution in [-0.4, -0.2) is 50.0 Å². The van der Waals surface area contributed by atoms with Crippen molar-refractivity contribution in [3.63, 3.8) is 0 Å². The predicted molar refractivity (Wildman–Crippen MR) is 145 cm³/mol. The molecular weight excluding hydrogens is 521 g/mol. The van der Waals surface area contributed by atoms with Gasteiger partial charge in [-0.25, -0.2) is 8.42 Å². The second-order valence-corrected chi connectivity index (χ2v) is 12.2. The van der Waals surface area contributed by atoms with E-state index in [-0.39, 0.29) is 18.5 Å². The van der Waals surface area contributed by atoms with E-state index in [4.69, 9.17) is 23.2 Å². The zero-order valence-corrected chi connectivity index (χ0v) is 23.4. The Hall–Kier alpha value is -2.29. The minimum Gasteiger partial charge on any atom is -0.352 e. The Labute approximate surface area is 223 Å². The molecule has 0 heterocycles. The van der Waals surface area contributed by atoms with Crippen molar-refractivity contribution >= 4 is 50.7 Å². The molecule has 196 valence electrons. The van der Waals surface area contributed by atoms with Crippen LogP contribution >= 0.6 is 23.2 Å². The summed E-state index contributed by atoms with van der Waals surface area (Å²) in [5, 5.41) is 3.75. The van der Waals surface area contributed by atoms with Crippen LogP contribution in [0.15, 0.2) is 36.4 Å². The third-order valence-corrected chi connectivity index (χ3v) is 8.43. The van der Waals surface area contributed by atoms with Crippen LogP contribution in [0.2, 0.25) is 10.0 Å². The van der Waals surface area contributed by atoms with Crippen LogP contribution in [0.3, 0.4) is 0 Å². The van der Waals surface area contributed by atoms with E-state index in [0.717, 1.165) is 47.4 Å². The number of para-hydroxylation sites is 1. The van der Waals surface area contributed by atoms with Crippen LogP contribution in [0, 0.1) is 13.8 Å². The predicted octanol–water partition coefficient (Wildman–Crippen LogP) is 4.85. The molecule has 0 aliphatic heterocycles. The van der Waals surface area contributed by atoms with Crippen LogP contribution in [0.5, 0.6) is 0 Å². The van der Waals surface area contributed by atoms with Gasteiger partial charge in [-0.2, -0.15) is 0 Å². The molecule has 2 aromatic rings. The van der Waals surface area contributed by atoms with E-state index >= 15 is 0 Å². The smallest absolute Gasteiger partial charge is 0.244 e. The Morgan fingerprint density at radius 1 is 1.06 bits per heavy atom. The number of rotatable bonds is 9. The zero-order valence-electron chi connectivity index (χ0n) is 21.1. The lowest BCUT2D eigenvalue weighted by Crippen LogP contribution is -2.52. The molecule has 0 radical (unpaired) electrons. The Kier molecular flexibility index (Phi) is 9.30. The monoisotopic (exact) mass is 553 g/mol. The maximum atomic E-state index is 13.7. The molecule has 10 heteroatoms. The van der Waals surface area contributed by atoms with E-state index < -0.39 is 28.5 Å². The van der Waals surface area contributed by atoms with Gasteiger partial charge in [-0.3, -0.25) is 13.9 Å².